The second kappa shape index (κ2) is 8.10. The molecule has 0 aromatic heterocycles. The highest BCUT2D eigenvalue weighted by molar-refractivity contribution is 7.80. The third kappa shape index (κ3) is 5.44. The minimum atomic E-state index is -0.579. The van der Waals surface area contributed by atoms with Gasteiger partial charge in [-0.25, -0.2) is 0 Å². The molecule has 1 aromatic carbocycles. The van der Waals surface area contributed by atoms with Gasteiger partial charge in [-0.2, -0.15) is 0 Å². The van der Waals surface area contributed by atoms with E-state index in [4.69, 9.17) is 18.0 Å². The monoisotopic (exact) mass is 307 g/mol. The first-order valence-corrected chi connectivity index (χ1v) is 7.53. The van der Waals surface area contributed by atoms with Crippen LogP contribution in [0.4, 0.5) is 0 Å². The Bertz CT molecular complexity index is 474. The molecule has 0 aliphatic heterocycles. The fourth-order valence-electron chi connectivity index (χ4n) is 2.17. The number of benzene rings is 1. The molecule has 0 saturated heterocycles. The van der Waals surface area contributed by atoms with Crippen molar-refractivity contribution in [3.8, 4) is 0 Å². The van der Waals surface area contributed by atoms with Crippen LogP contribution in [0.2, 0.25) is 0 Å². The molecule has 2 atom stereocenters. The molecule has 4 nitrogen and oxygen atoms in total. The normalized spacial score (nSPS) is 14.0. The molecule has 0 radical (unpaired) electrons. The van der Waals surface area contributed by atoms with Gasteiger partial charge in [0.25, 0.3) is 0 Å². The van der Waals surface area contributed by atoms with Gasteiger partial charge in [-0.1, -0.05) is 56.4 Å². The van der Waals surface area contributed by atoms with Gasteiger partial charge in [-0.05, 0) is 25.6 Å². The van der Waals surface area contributed by atoms with Gasteiger partial charge in [-0.15, -0.1) is 0 Å². The SMILES string of the molecule is CC(C)C(CN(C)C)NC(=O)C(C(N)=S)c1ccccc1. The maximum atomic E-state index is 12.6. The van der Waals surface area contributed by atoms with Crippen LogP contribution in [0.5, 0.6) is 0 Å². The summed E-state index contributed by atoms with van der Waals surface area (Å²) in [5.74, 6) is -0.377. The van der Waals surface area contributed by atoms with E-state index in [0.29, 0.717) is 5.92 Å². The van der Waals surface area contributed by atoms with Crippen molar-refractivity contribution in [2.45, 2.75) is 25.8 Å². The Kier molecular flexibility index (Phi) is 6.78. The first-order valence-electron chi connectivity index (χ1n) is 7.12. The van der Waals surface area contributed by atoms with E-state index in [1.165, 1.54) is 0 Å². The van der Waals surface area contributed by atoms with Crippen molar-refractivity contribution < 1.29 is 4.79 Å². The summed E-state index contributed by atoms with van der Waals surface area (Å²) in [5, 5.41) is 3.08. The van der Waals surface area contributed by atoms with Crippen LogP contribution in [0.15, 0.2) is 30.3 Å². The molecular weight excluding hydrogens is 282 g/mol. The lowest BCUT2D eigenvalue weighted by Gasteiger charge is -2.27. The van der Waals surface area contributed by atoms with Gasteiger partial charge < -0.3 is 16.0 Å². The number of amides is 1. The van der Waals surface area contributed by atoms with E-state index >= 15 is 0 Å². The number of carbonyl (C=O) groups excluding carboxylic acids is 1. The molecule has 0 aliphatic rings. The molecule has 2 unspecified atom stereocenters. The van der Waals surface area contributed by atoms with Crippen LogP contribution in [-0.2, 0) is 4.79 Å². The van der Waals surface area contributed by atoms with E-state index in [2.05, 4.69) is 24.1 Å². The fourth-order valence-corrected chi connectivity index (χ4v) is 2.42. The smallest absolute Gasteiger partial charge is 0.234 e. The molecule has 0 saturated carbocycles. The lowest BCUT2D eigenvalue weighted by Crippen LogP contribution is -2.48. The Labute approximate surface area is 132 Å². The zero-order valence-electron chi connectivity index (χ0n) is 13.2. The summed E-state index contributed by atoms with van der Waals surface area (Å²) in [6, 6.07) is 9.48. The van der Waals surface area contributed by atoms with Gasteiger partial charge in [0.05, 0.1) is 4.99 Å². The highest BCUT2D eigenvalue weighted by Crippen LogP contribution is 2.17. The van der Waals surface area contributed by atoms with Crippen molar-refractivity contribution in [1.29, 1.82) is 0 Å². The third-order valence-corrected chi connectivity index (χ3v) is 3.61. The number of carbonyl (C=O) groups is 1. The molecule has 116 valence electrons. The Hall–Kier alpha value is -1.46. The molecule has 0 aliphatic carbocycles. The van der Waals surface area contributed by atoms with E-state index in [1.807, 2.05) is 44.4 Å². The lowest BCUT2D eigenvalue weighted by molar-refractivity contribution is -0.122. The number of nitrogens with two attached hydrogens (primary N) is 1. The standard InChI is InChI=1S/C16H25N3OS/c1-11(2)13(10-19(3)4)18-16(20)14(15(17)21)12-8-6-5-7-9-12/h5-9,11,13-14H,10H2,1-4H3,(H2,17,21)(H,18,20). The van der Waals surface area contributed by atoms with Crippen LogP contribution in [-0.4, -0.2) is 42.5 Å². The zero-order valence-corrected chi connectivity index (χ0v) is 14.0. The summed E-state index contributed by atoms with van der Waals surface area (Å²) in [6.07, 6.45) is 0. The molecule has 0 heterocycles. The molecule has 1 rings (SSSR count). The Balaban J connectivity index is 2.89. The van der Waals surface area contributed by atoms with Crippen molar-refractivity contribution in [3.63, 3.8) is 0 Å². The quantitative estimate of drug-likeness (QED) is 0.754. The molecule has 1 amide bonds. The van der Waals surface area contributed by atoms with Gasteiger partial charge >= 0.3 is 0 Å². The fraction of sp³-hybridized carbons (Fsp3) is 0.500. The van der Waals surface area contributed by atoms with Gasteiger partial charge in [-0.3, -0.25) is 4.79 Å². The molecule has 5 heteroatoms. The van der Waals surface area contributed by atoms with E-state index in [-0.39, 0.29) is 16.9 Å². The van der Waals surface area contributed by atoms with Gasteiger partial charge in [0.15, 0.2) is 0 Å². The molecule has 0 bridgehead atoms. The average molecular weight is 307 g/mol. The van der Waals surface area contributed by atoms with Gasteiger partial charge in [0, 0.05) is 12.6 Å². The van der Waals surface area contributed by atoms with E-state index in [0.717, 1.165) is 12.1 Å². The minimum absolute atomic E-state index is 0.0630. The van der Waals surface area contributed by atoms with Gasteiger partial charge in [0.2, 0.25) is 5.91 Å². The largest absolute Gasteiger partial charge is 0.392 e. The van der Waals surface area contributed by atoms with Crippen LogP contribution in [0.3, 0.4) is 0 Å². The highest BCUT2D eigenvalue weighted by atomic mass is 32.1. The lowest BCUT2D eigenvalue weighted by atomic mass is 9.96. The van der Waals surface area contributed by atoms with Crippen molar-refractivity contribution in [2.24, 2.45) is 11.7 Å². The number of hydrogen-bond donors (Lipinski definition) is 2. The summed E-state index contributed by atoms with van der Waals surface area (Å²) in [6.45, 7) is 4.96. The molecule has 0 fully saturated rings. The second-order valence-corrected chi connectivity index (χ2v) is 6.34. The maximum absolute atomic E-state index is 12.6. The maximum Gasteiger partial charge on any atom is 0.234 e. The number of hydrogen-bond acceptors (Lipinski definition) is 3. The van der Waals surface area contributed by atoms with Crippen molar-refractivity contribution in [3.05, 3.63) is 35.9 Å². The van der Waals surface area contributed by atoms with Crippen molar-refractivity contribution in [1.82, 2.24) is 10.2 Å². The zero-order chi connectivity index (χ0) is 16.0. The summed E-state index contributed by atoms with van der Waals surface area (Å²) in [4.78, 5) is 14.8. The Morgan fingerprint density at radius 3 is 2.29 bits per heavy atom. The second-order valence-electron chi connectivity index (χ2n) is 5.87. The molecule has 1 aromatic rings. The third-order valence-electron chi connectivity index (χ3n) is 3.37. The topological polar surface area (TPSA) is 58.4 Å². The van der Waals surface area contributed by atoms with Crippen LogP contribution in [0.25, 0.3) is 0 Å². The summed E-state index contributed by atoms with van der Waals surface area (Å²) < 4.78 is 0. The number of nitrogens with zero attached hydrogens (tertiary/aromatic N) is 1. The van der Waals surface area contributed by atoms with Crippen molar-refractivity contribution in [2.75, 3.05) is 20.6 Å². The number of likely N-dealkylation sites (N-methyl/N-ethyl adjacent to an activating group) is 1. The van der Waals surface area contributed by atoms with E-state index in [9.17, 15) is 4.79 Å². The first-order chi connectivity index (χ1) is 9.82. The number of rotatable bonds is 7. The average Bonchev–Trinajstić information content (AvgIpc) is 2.38. The number of thiocarbonyl (C=S) groups is 1. The molecule has 21 heavy (non-hydrogen) atoms. The summed E-state index contributed by atoms with van der Waals surface area (Å²) in [5.41, 5.74) is 6.61. The molecular formula is C16H25N3OS. The summed E-state index contributed by atoms with van der Waals surface area (Å²) >= 11 is 5.09. The minimum Gasteiger partial charge on any atom is -0.392 e. The van der Waals surface area contributed by atoms with Gasteiger partial charge in [0.1, 0.15) is 5.92 Å². The number of nitrogens with one attached hydrogen (secondary N) is 1. The summed E-state index contributed by atoms with van der Waals surface area (Å²) in [7, 11) is 3.98. The highest BCUT2D eigenvalue weighted by Gasteiger charge is 2.26. The van der Waals surface area contributed by atoms with E-state index in [1.54, 1.807) is 0 Å². The van der Waals surface area contributed by atoms with Crippen LogP contribution < -0.4 is 11.1 Å². The predicted molar refractivity (Wildman–Crippen MR) is 91.3 cm³/mol. The van der Waals surface area contributed by atoms with Crippen LogP contribution >= 0.6 is 12.2 Å². The predicted octanol–water partition coefficient (Wildman–Crippen LogP) is 1.76. The van der Waals surface area contributed by atoms with Crippen LogP contribution in [0, 0.1) is 5.92 Å². The van der Waals surface area contributed by atoms with Crippen molar-refractivity contribution >= 4 is 23.1 Å². The first kappa shape index (κ1) is 17.6. The Morgan fingerprint density at radius 2 is 1.86 bits per heavy atom. The molecule has 0 spiro atoms. The Morgan fingerprint density at radius 1 is 1.29 bits per heavy atom. The molecule has 3 N–H and O–H groups in total. The van der Waals surface area contributed by atoms with E-state index < -0.39 is 5.92 Å². The van der Waals surface area contributed by atoms with Crippen LogP contribution in [0.1, 0.15) is 25.3 Å².